The number of ether oxygens (including phenoxy) is 1. The Hall–Kier alpha value is -2.02. The molecule has 4 nitrogen and oxygen atoms in total. The lowest BCUT2D eigenvalue weighted by Gasteiger charge is -2.18. The zero-order chi connectivity index (χ0) is 15.8. The van der Waals surface area contributed by atoms with Crippen LogP contribution in [-0.4, -0.2) is 22.0 Å². The van der Waals surface area contributed by atoms with E-state index in [1.165, 1.54) is 30.0 Å². The third kappa shape index (κ3) is 2.73. The fourth-order valence-electron chi connectivity index (χ4n) is 2.36. The number of aryl methyl sites for hydroxylation is 2. The number of rotatable bonds is 3. The van der Waals surface area contributed by atoms with E-state index in [9.17, 15) is 18.3 Å². The maximum Gasteiger partial charge on any atom is 0.416 e. The van der Waals surface area contributed by atoms with Crippen LogP contribution in [0.4, 0.5) is 13.2 Å². The van der Waals surface area contributed by atoms with Crippen molar-refractivity contribution < 1.29 is 23.0 Å². The lowest BCUT2D eigenvalue weighted by atomic mass is 9.96. The number of halogens is 3. The first-order valence-corrected chi connectivity index (χ1v) is 6.19. The highest BCUT2D eigenvalue weighted by atomic mass is 19.4. The van der Waals surface area contributed by atoms with E-state index in [1.54, 1.807) is 14.0 Å². The molecule has 0 radical (unpaired) electrons. The van der Waals surface area contributed by atoms with Gasteiger partial charge in [0.2, 0.25) is 5.88 Å². The van der Waals surface area contributed by atoms with Gasteiger partial charge in [-0.15, -0.1) is 0 Å². The van der Waals surface area contributed by atoms with Crippen molar-refractivity contribution in [2.24, 2.45) is 7.05 Å². The number of methoxy groups -OCH3 is 1. The van der Waals surface area contributed by atoms with Crippen LogP contribution in [0, 0.1) is 6.92 Å². The summed E-state index contributed by atoms with van der Waals surface area (Å²) in [5, 5.41) is 14.5. The molecule has 0 saturated carbocycles. The van der Waals surface area contributed by atoms with Gasteiger partial charge < -0.3 is 9.84 Å². The molecule has 0 aliphatic rings. The van der Waals surface area contributed by atoms with Crippen LogP contribution in [0.5, 0.6) is 5.88 Å². The molecule has 7 heteroatoms. The molecule has 2 rings (SSSR count). The van der Waals surface area contributed by atoms with Gasteiger partial charge in [-0.05, 0) is 18.6 Å². The van der Waals surface area contributed by atoms with Gasteiger partial charge in [0.25, 0.3) is 0 Å². The molecule has 0 aliphatic heterocycles. The van der Waals surface area contributed by atoms with Gasteiger partial charge in [-0.2, -0.15) is 18.3 Å². The molecule has 2 aromatic rings. The molecule has 0 aliphatic carbocycles. The minimum Gasteiger partial charge on any atom is -0.481 e. The Bertz CT molecular complexity index is 650. The number of aliphatic hydroxyl groups is 1. The summed E-state index contributed by atoms with van der Waals surface area (Å²) in [5.41, 5.74) is -0.447. The van der Waals surface area contributed by atoms with E-state index >= 15 is 0 Å². The van der Waals surface area contributed by atoms with Gasteiger partial charge in [-0.3, -0.25) is 0 Å². The summed E-state index contributed by atoms with van der Waals surface area (Å²) in [5.74, 6) is 0.233. The van der Waals surface area contributed by atoms with Crippen LogP contribution < -0.4 is 4.74 Å². The SMILES string of the molecule is COc1c(C(O)c2ccccc2C(F)(F)F)c(C)nn1C. The number of hydrogen-bond donors (Lipinski definition) is 1. The van der Waals surface area contributed by atoms with Crippen LogP contribution in [0.3, 0.4) is 0 Å². The zero-order valence-corrected chi connectivity index (χ0v) is 11.8. The lowest BCUT2D eigenvalue weighted by molar-refractivity contribution is -0.139. The van der Waals surface area contributed by atoms with Gasteiger partial charge in [-0.1, -0.05) is 18.2 Å². The Morgan fingerprint density at radius 2 is 1.90 bits per heavy atom. The van der Waals surface area contributed by atoms with Crippen molar-refractivity contribution in [3.63, 3.8) is 0 Å². The van der Waals surface area contributed by atoms with E-state index in [0.717, 1.165) is 6.07 Å². The minimum absolute atomic E-state index is 0.223. The van der Waals surface area contributed by atoms with E-state index in [1.807, 2.05) is 0 Å². The van der Waals surface area contributed by atoms with Crippen molar-refractivity contribution >= 4 is 0 Å². The number of hydrogen-bond acceptors (Lipinski definition) is 3. The summed E-state index contributed by atoms with van der Waals surface area (Å²) in [6.07, 6.45) is -6.01. The van der Waals surface area contributed by atoms with Crippen molar-refractivity contribution in [3.8, 4) is 5.88 Å². The van der Waals surface area contributed by atoms with Crippen LogP contribution in [0.2, 0.25) is 0 Å². The highest BCUT2D eigenvalue weighted by molar-refractivity contribution is 5.43. The second kappa shape index (κ2) is 5.40. The number of aliphatic hydroxyl groups excluding tert-OH is 1. The van der Waals surface area contributed by atoms with Gasteiger partial charge >= 0.3 is 6.18 Å². The Kier molecular flexibility index (Phi) is 3.95. The lowest BCUT2D eigenvalue weighted by Crippen LogP contribution is -2.13. The standard InChI is InChI=1S/C14H15F3N2O2/c1-8-11(13(21-3)19(2)18-8)12(20)9-6-4-5-7-10(9)14(15,16)17/h4-7,12,20H,1-3H3. The first-order chi connectivity index (χ1) is 9.77. The molecule has 1 heterocycles. The van der Waals surface area contributed by atoms with Gasteiger partial charge in [0, 0.05) is 7.05 Å². The molecule has 0 amide bonds. The van der Waals surface area contributed by atoms with Crippen molar-refractivity contribution in [1.82, 2.24) is 9.78 Å². The predicted octanol–water partition coefficient (Wildman–Crippen LogP) is 2.84. The Labute approximate surface area is 119 Å². The summed E-state index contributed by atoms with van der Waals surface area (Å²) in [4.78, 5) is 0. The van der Waals surface area contributed by atoms with Crippen LogP contribution in [-0.2, 0) is 13.2 Å². The first-order valence-electron chi connectivity index (χ1n) is 6.19. The Balaban J connectivity index is 2.59. The van der Waals surface area contributed by atoms with Crippen LogP contribution >= 0.6 is 0 Å². The molecule has 21 heavy (non-hydrogen) atoms. The summed E-state index contributed by atoms with van der Waals surface area (Å²) in [6, 6.07) is 4.93. The highest BCUT2D eigenvalue weighted by Gasteiger charge is 2.36. The quantitative estimate of drug-likeness (QED) is 0.948. The van der Waals surface area contributed by atoms with Gasteiger partial charge in [0.1, 0.15) is 6.10 Å². The van der Waals surface area contributed by atoms with Gasteiger partial charge in [0.15, 0.2) is 0 Å². The topological polar surface area (TPSA) is 47.3 Å². The van der Waals surface area contributed by atoms with E-state index in [4.69, 9.17) is 4.74 Å². The van der Waals surface area contributed by atoms with E-state index < -0.39 is 17.8 Å². The third-order valence-electron chi connectivity index (χ3n) is 3.24. The number of nitrogens with zero attached hydrogens (tertiary/aromatic N) is 2. The summed E-state index contributed by atoms with van der Waals surface area (Å²) >= 11 is 0. The molecular formula is C14H15F3N2O2. The van der Waals surface area contributed by atoms with E-state index in [0.29, 0.717) is 5.69 Å². The first kappa shape index (κ1) is 15.4. The molecule has 0 bridgehead atoms. The number of benzene rings is 1. The monoisotopic (exact) mass is 300 g/mol. The number of alkyl halides is 3. The maximum absolute atomic E-state index is 13.0. The minimum atomic E-state index is -4.54. The molecule has 0 spiro atoms. The van der Waals surface area contributed by atoms with Crippen LogP contribution in [0.1, 0.15) is 28.5 Å². The van der Waals surface area contributed by atoms with Crippen molar-refractivity contribution in [3.05, 3.63) is 46.6 Å². The Morgan fingerprint density at radius 3 is 2.48 bits per heavy atom. The molecule has 1 aromatic carbocycles. The van der Waals surface area contributed by atoms with E-state index in [2.05, 4.69) is 5.10 Å². The largest absolute Gasteiger partial charge is 0.481 e. The van der Waals surface area contributed by atoms with Crippen molar-refractivity contribution in [1.29, 1.82) is 0 Å². The average molecular weight is 300 g/mol. The fraction of sp³-hybridized carbons (Fsp3) is 0.357. The maximum atomic E-state index is 13.0. The molecule has 0 saturated heterocycles. The average Bonchev–Trinajstić information content (AvgIpc) is 2.71. The summed E-state index contributed by atoms with van der Waals surface area (Å²) in [6.45, 7) is 1.61. The second-order valence-corrected chi connectivity index (χ2v) is 4.62. The molecule has 1 aromatic heterocycles. The van der Waals surface area contributed by atoms with Crippen molar-refractivity contribution in [2.75, 3.05) is 7.11 Å². The molecule has 114 valence electrons. The predicted molar refractivity (Wildman–Crippen MR) is 70.0 cm³/mol. The van der Waals surface area contributed by atoms with E-state index in [-0.39, 0.29) is 17.0 Å². The number of aromatic nitrogens is 2. The normalized spacial score (nSPS) is 13.3. The third-order valence-corrected chi connectivity index (χ3v) is 3.24. The molecular weight excluding hydrogens is 285 g/mol. The summed E-state index contributed by atoms with van der Waals surface area (Å²) < 4.78 is 45.7. The van der Waals surface area contributed by atoms with Gasteiger partial charge in [-0.25, -0.2) is 4.68 Å². The zero-order valence-electron chi connectivity index (χ0n) is 11.8. The Morgan fingerprint density at radius 1 is 1.29 bits per heavy atom. The second-order valence-electron chi connectivity index (χ2n) is 4.62. The van der Waals surface area contributed by atoms with Crippen molar-refractivity contribution in [2.45, 2.75) is 19.2 Å². The molecule has 0 fully saturated rings. The molecule has 1 N–H and O–H groups in total. The fourth-order valence-corrected chi connectivity index (χ4v) is 2.36. The smallest absolute Gasteiger partial charge is 0.416 e. The summed E-state index contributed by atoms with van der Waals surface area (Å²) in [7, 11) is 2.97. The van der Waals surface area contributed by atoms with Crippen LogP contribution in [0.15, 0.2) is 24.3 Å². The van der Waals surface area contributed by atoms with Crippen LogP contribution in [0.25, 0.3) is 0 Å². The molecule has 1 unspecified atom stereocenters. The van der Waals surface area contributed by atoms with Gasteiger partial charge in [0.05, 0.1) is 23.9 Å². The molecule has 1 atom stereocenters. The highest BCUT2D eigenvalue weighted by Crippen LogP contribution is 2.39.